The van der Waals surface area contributed by atoms with E-state index in [2.05, 4.69) is 22.0 Å². The zero-order valence-electron chi connectivity index (χ0n) is 24.3. The Hall–Kier alpha value is -3.37. The molecule has 0 spiro atoms. The third kappa shape index (κ3) is 4.09. The van der Waals surface area contributed by atoms with Crippen molar-refractivity contribution in [1.29, 1.82) is 0 Å². The fourth-order valence-corrected chi connectivity index (χ4v) is 7.33. The molecule has 2 aliphatic heterocycles. The summed E-state index contributed by atoms with van der Waals surface area (Å²) < 4.78 is 23.4. The number of hydrogen-bond acceptors (Lipinski definition) is 9. The van der Waals surface area contributed by atoms with Crippen molar-refractivity contribution in [2.75, 3.05) is 66.6 Å². The van der Waals surface area contributed by atoms with Gasteiger partial charge in [0.05, 0.1) is 32.5 Å². The van der Waals surface area contributed by atoms with E-state index in [1.54, 1.807) is 13.2 Å². The average Bonchev–Trinajstić information content (AvgIpc) is 3.32. The Bertz CT molecular complexity index is 1380. The number of aliphatic hydroxyl groups is 2. The van der Waals surface area contributed by atoms with Crippen molar-refractivity contribution in [1.82, 2.24) is 9.88 Å². The minimum absolute atomic E-state index is 0.168. The number of fused-ring (bicyclic) bond motifs is 3. The number of anilines is 1. The van der Waals surface area contributed by atoms with Crippen molar-refractivity contribution in [2.24, 2.45) is 11.8 Å². The summed E-state index contributed by atoms with van der Waals surface area (Å²) in [6.45, 7) is 3.15. The summed E-state index contributed by atoms with van der Waals surface area (Å²) in [5, 5.41) is 25.2. The van der Waals surface area contributed by atoms with Gasteiger partial charge in [-0.1, -0.05) is 42.5 Å². The smallest absolute Gasteiger partial charge is 0.226 e. The molecular formula is C32H39N3O6. The molecule has 2 N–H and O–H groups in total. The molecule has 9 heteroatoms. The maximum absolute atomic E-state index is 13.0. The Morgan fingerprint density at radius 1 is 1.02 bits per heavy atom. The minimum atomic E-state index is -1.87. The van der Waals surface area contributed by atoms with E-state index in [4.69, 9.17) is 18.9 Å². The van der Waals surface area contributed by atoms with Crippen LogP contribution in [0.25, 0.3) is 0 Å². The monoisotopic (exact) mass is 561 g/mol. The van der Waals surface area contributed by atoms with Gasteiger partial charge in [0, 0.05) is 56.3 Å². The van der Waals surface area contributed by atoms with Crippen molar-refractivity contribution in [2.45, 2.75) is 23.2 Å². The molecule has 1 aliphatic carbocycles. The van der Waals surface area contributed by atoms with Crippen LogP contribution in [0.4, 0.5) is 5.69 Å². The van der Waals surface area contributed by atoms with Crippen LogP contribution in [-0.4, -0.2) is 87.9 Å². The van der Waals surface area contributed by atoms with E-state index in [1.807, 2.05) is 61.5 Å². The molecule has 1 saturated heterocycles. The molecule has 0 unspecified atom stereocenters. The number of pyridine rings is 1. The third-order valence-corrected chi connectivity index (χ3v) is 9.00. The minimum Gasteiger partial charge on any atom is -0.481 e. The van der Waals surface area contributed by atoms with Gasteiger partial charge in [-0.15, -0.1) is 0 Å². The summed E-state index contributed by atoms with van der Waals surface area (Å²) >= 11 is 0. The Kier molecular flexibility index (Phi) is 7.10. The van der Waals surface area contributed by atoms with Gasteiger partial charge >= 0.3 is 0 Å². The van der Waals surface area contributed by atoms with E-state index in [1.165, 1.54) is 14.2 Å². The maximum atomic E-state index is 13.0. The van der Waals surface area contributed by atoms with E-state index in [0.717, 1.165) is 36.5 Å². The highest BCUT2D eigenvalue weighted by molar-refractivity contribution is 5.61. The molecule has 1 saturated carbocycles. The lowest BCUT2D eigenvalue weighted by molar-refractivity contribution is -0.152. The first-order chi connectivity index (χ1) is 19.8. The molecule has 3 aliphatic rings. The lowest BCUT2D eigenvalue weighted by Gasteiger charge is -2.42. The predicted octanol–water partition coefficient (Wildman–Crippen LogP) is 2.99. The van der Waals surface area contributed by atoms with E-state index in [-0.39, 0.29) is 11.8 Å². The van der Waals surface area contributed by atoms with Crippen molar-refractivity contribution in [3.63, 3.8) is 0 Å². The Balaban J connectivity index is 1.55. The first kappa shape index (κ1) is 27.8. The van der Waals surface area contributed by atoms with Crippen molar-refractivity contribution in [3.8, 4) is 17.5 Å². The summed E-state index contributed by atoms with van der Waals surface area (Å²) in [6.07, 6.45) is -1.19. The molecule has 1 aromatic heterocycles. The lowest BCUT2D eigenvalue weighted by atomic mass is 9.70. The first-order valence-electron chi connectivity index (χ1n) is 14.1. The molecule has 3 aromatic rings. The van der Waals surface area contributed by atoms with E-state index in [9.17, 15) is 10.2 Å². The van der Waals surface area contributed by atoms with E-state index < -0.39 is 23.2 Å². The van der Waals surface area contributed by atoms with Crippen LogP contribution in [-0.2, 0) is 15.9 Å². The van der Waals surface area contributed by atoms with Crippen molar-refractivity contribution >= 4 is 5.69 Å². The molecule has 218 valence electrons. The quantitative estimate of drug-likeness (QED) is 0.409. The summed E-state index contributed by atoms with van der Waals surface area (Å²) in [5.41, 5.74) is -0.0682. The normalized spacial score (nSPS) is 28.7. The van der Waals surface area contributed by atoms with Gasteiger partial charge in [0.1, 0.15) is 5.75 Å². The number of aliphatic hydroxyl groups excluding tert-OH is 1. The molecule has 5 atom stereocenters. The van der Waals surface area contributed by atoms with Crippen molar-refractivity contribution < 1.29 is 29.2 Å². The molecule has 2 aromatic carbocycles. The second-order valence-electron chi connectivity index (χ2n) is 11.7. The number of aromatic nitrogens is 1. The fourth-order valence-electron chi connectivity index (χ4n) is 7.33. The fraction of sp³-hybridized carbons (Fsp3) is 0.469. The van der Waals surface area contributed by atoms with Crippen LogP contribution in [0.3, 0.4) is 0 Å². The van der Waals surface area contributed by atoms with Gasteiger partial charge in [0.15, 0.2) is 11.2 Å². The SMILES string of the molecule is COCC1CN(c2ccc([C@@]34Oc5cc(OC)nc(OC)c5[C@]3(O)[C@H](O)[C@H](CN(C)C)[C@H]4c3ccccc3)cc2)C1. The zero-order chi connectivity index (χ0) is 28.9. The molecule has 9 nitrogen and oxygen atoms in total. The average molecular weight is 562 g/mol. The van der Waals surface area contributed by atoms with Gasteiger partial charge in [-0.3, -0.25) is 0 Å². The van der Waals surface area contributed by atoms with Gasteiger partial charge < -0.3 is 39.0 Å². The zero-order valence-corrected chi connectivity index (χ0v) is 24.3. The molecule has 6 rings (SSSR count). The van der Waals surface area contributed by atoms with Crippen LogP contribution in [0.1, 0.15) is 22.6 Å². The van der Waals surface area contributed by atoms with Gasteiger partial charge in [-0.2, -0.15) is 4.98 Å². The summed E-state index contributed by atoms with van der Waals surface area (Å²) in [5.74, 6) is 0.589. The third-order valence-electron chi connectivity index (χ3n) is 9.00. The second kappa shape index (κ2) is 10.5. The van der Waals surface area contributed by atoms with Crippen LogP contribution < -0.4 is 19.1 Å². The maximum Gasteiger partial charge on any atom is 0.226 e. The molecule has 3 heterocycles. The van der Waals surface area contributed by atoms with Crippen LogP contribution in [0.15, 0.2) is 60.7 Å². The lowest BCUT2D eigenvalue weighted by Crippen LogP contribution is -2.52. The number of nitrogens with zero attached hydrogens (tertiary/aromatic N) is 3. The van der Waals surface area contributed by atoms with Crippen LogP contribution in [0.5, 0.6) is 17.5 Å². The Labute approximate surface area is 241 Å². The van der Waals surface area contributed by atoms with Gasteiger partial charge in [-0.05, 0) is 37.4 Å². The first-order valence-corrected chi connectivity index (χ1v) is 14.1. The number of ether oxygens (including phenoxy) is 4. The van der Waals surface area contributed by atoms with E-state index >= 15 is 0 Å². The molecule has 2 fully saturated rings. The highest BCUT2D eigenvalue weighted by Gasteiger charge is 2.77. The van der Waals surface area contributed by atoms with Crippen LogP contribution in [0.2, 0.25) is 0 Å². The Morgan fingerprint density at radius 2 is 1.73 bits per heavy atom. The number of methoxy groups -OCH3 is 3. The van der Waals surface area contributed by atoms with Crippen LogP contribution >= 0.6 is 0 Å². The van der Waals surface area contributed by atoms with Gasteiger partial charge in [0.2, 0.25) is 11.8 Å². The molecule has 41 heavy (non-hydrogen) atoms. The predicted molar refractivity (Wildman–Crippen MR) is 155 cm³/mol. The van der Waals surface area contributed by atoms with Gasteiger partial charge in [-0.25, -0.2) is 0 Å². The molecule has 0 amide bonds. The summed E-state index contributed by atoms with van der Waals surface area (Å²) in [4.78, 5) is 8.83. The number of benzene rings is 2. The standard InChI is InChI=1S/C32H39N3O6/c1-34(2)18-24-27(21-9-7-6-8-10-21)32(22-11-13-23(14-12-22)35-16-20(17-35)19-38-3)31(37,29(24)36)28-25(41-32)15-26(39-4)33-30(28)40-5/h6-15,20,24,27,29,36-37H,16-19H2,1-5H3/t24-,27-,29-,31+,32+/m1/s1. The number of hydrogen-bond donors (Lipinski definition) is 2. The highest BCUT2D eigenvalue weighted by Crippen LogP contribution is 2.70. The topological polar surface area (TPSA) is 96.8 Å². The van der Waals surface area contributed by atoms with E-state index in [0.29, 0.717) is 29.7 Å². The Morgan fingerprint density at radius 3 is 2.34 bits per heavy atom. The number of rotatable bonds is 9. The highest BCUT2D eigenvalue weighted by atomic mass is 16.5. The largest absolute Gasteiger partial charge is 0.481 e. The second-order valence-corrected chi connectivity index (χ2v) is 11.7. The molecule has 0 radical (unpaired) electrons. The van der Waals surface area contributed by atoms with Gasteiger partial charge in [0.25, 0.3) is 0 Å². The van der Waals surface area contributed by atoms with Crippen LogP contribution in [0, 0.1) is 11.8 Å². The summed E-state index contributed by atoms with van der Waals surface area (Å²) in [7, 11) is 8.70. The molecular weight excluding hydrogens is 522 g/mol. The van der Waals surface area contributed by atoms with Crippen molar-refractivity contribution in [3.05, 3.63) is 77.4 Å². The summed E-state index contributed by atoms with van der Waals surface area (Å²) in [6, 6.07) is 19.9. The molecule has 0 bridgehead atoms.